The molecule has 1 heterocycles. The maximum absolute atomic E-state index is 13.2. The second-order valence-electron chi connectivity index (χ2n) is 9.24. The van der Waals surface area contributed by atoms with Crippen molar-refractivity contribution in [3.05, 3.63) is 101 Å². The Morgan fingerprint density at radius 3 is 2.17 bits per heavy atom. The lowest BCUT2D eigenvalue weighted by Crippen LogP contribution is -2.38. The standard InChI is InChI=1S/C28H27F2NO4/c1-28(16-20-4-9-24(30)10-5-20)17-22-14-21(6-11-25(22)35-28)15-26(32)31(18-27(33)34)13-12-19-2-7-23(29)8-3-19/h2-11,14H,12-13,15-18H2,1H3,(H,33,34). The van der Waals surface area contributed by atoms with Crippen molar-refractivity contribution in [2.75, 3.05) is 13.1 Å². The van der Waals surface area contributed by atoms with Crippen LogP contribution in [0.5, 0.6) is 5.75 Å². The number of carbonyl (C=O) groups is 2. The van der Waals surface area contributed by atoms with Crippen LogP contribution in [0.15, 0.2) is 66.7 Å². The van der Waals surface area contributed by atoms with E-state index < -0.39 is 18.1 Å². The smallest absolute Gasteiger partial charge is 0.323 e. The topological polar surface area (TPSA) is 66.8 Å². The molecule has 1 aliphatic rings. The van der Waals surface area contributed by atoms with E-state index in [2.05, 4.69) is 0 Å². The fourth-order valence-electron chi connectivity index (χ4n) is 4.47. The predicted molar refractivity (Wildman–Crippen MR) is 127 cm³/mol. The summed E-state index contributed by atoms with van der Waals surface area (Å²) >= 11 is 0. The van der Waals surface area contributed by atoms with Gasteiger partial charge in [-0.25, -0.2) is 8.78 Å². The van der Waals surface area contributed by atoms with Gasteiger partial charge in [-0.3, -0.25) is 9.59 Å². The Morgan fingerprint density at radius 1 is 0.943 bits per heavy atom. The third-order valence-electron chi connectivity index (χ3n) is 6.15. The SMILES string of the molecule is CC1(Cc2ccc(F)cc2)Cc2cc(CC(=O)N(CCc3ccc(F)cc3)CC(=O)O)ccc2O1. The summed E-state index contributed by atoms with van der Waals surface area (Å²) in [6.07, 6.45) is 1.76. The zero-order valence-corrected chi connectivity index (χ0v) is 19.5. The van der Waals surface area contributed by atoms with Crippen LogP contribution in [0, 0.1) is 11.6 Å². The zero-order valence-electron chi connectivity index (χ0n) is 19.5. The van der Waals surface area contributed by atoms with E-state index in [4.69, 9.17) is 4.74 Å². The molecular weight excluding hydrogens is 452 g/mol. The molecule has 0 spiro atoms. The molecule has 0 radical (unpaired) electrons. The van der Waals surface area contributed by atoms with Crippen LogP contribution in [-0.4, -0.2) is 40.6 Å². The highest BCUT2D eigenvalue weighted by atomic mass is 19.1. The van der Waals surface area contributed by atoms with E-state index in [1.807, 2.05) is 25.1 Å². The summed E-state index contributed by atoms with van der Waals surface area (Å²) in [5, 5.41) is 9.27. The number of ether oxygens (including phenoxy) is 1. The molecule has 182 valence electrons. The monoisotopic (exact) mass is 479 g/mol. The lowest BCUT2D eigenvalue weighted by atomic mass is 9.91. The van der Waals surface area contributed by atoms with Gasteiger partial charge in [0.05, 0.1) is 6.42 Å². The first-order valence-electron chi connectivity index (χ1n) is 11.5. The van der Waals surface area contributed by atoms with Crippen LogP contribution >= 0.6 is 0 Å². The van der Waals surface area contributed by atoms with Gasteiger partial charge in [0, 0.05) is 19.4 Å². The molecule has 7 heteroatoms. The molecule has 1 amide bonds. The van der Waals surface area contributed by atoms with Gasteiger partial charge in [0.15, 0.2) is 0 Å². The molecule has 35 heavy (non-hydrogen) atoms. The first kappa shape index (κ1) is 24.4. The average Bonchev–Trinajstić information content (AvgIpc) is 3.14. The maximum Gasteiger partial charge on any atom is 0.323 e. The molecule has 0 aromatic heterocycles. The molecule has 1 N–H and O–H groups in total. The summed E-state index contributed by atoms with van der Waals surface area (Å²) < 4.78 is 32.5. The first-order chi connectivity index (χ1) is 16.7. The Labute approximate surface area is 203 Å². The Kier molecular flexibility index (Phi) is 7.15. The maximum atomic E-state index is 13.2. The summed E-state index contributed by atoms with van der Waals surface area (Å²) in [6.45, 7) is 1.83. The normalized spacial score (nSPS) is 16.4. The van der Waals surface area contributed by atoms with Crippen molar-refractivity contribution in [3.8, 4) is 5.75 Å². The van der Waals surface area contributed by atoms with E-state index in [1.54, 1.807) is 24.3 Å². The molecule has 3 aromatic carbocycles. The summed E-state index contributed by atoms with van der Waals surface area (Å²) in [5.41, 5.74) is 3.08. The fourth-order valence-corrected chi connectivity index (χ4v) is 4.47. The molecular formula is C28H27F2NO4. The first-order valence-corrected chi connectivity index (χ1v) is 11.5. The van der Waals surface area contributed by atoms with Crippen LogP contribution in [0.1, 0.15) is 29.2 Å². The van der Waals surface area contributed by atoms with Gasteiger partial charge in [-0.05, 0) is 65.9 Å². The van der Waals surface area contributed by atoms with E-state index >= 15 is 0 Å². The third kappa shape index (κ3) is 6.44. The largest absolute Gasteiger partial charge is 0.487 e. The molecule has 1 unspecified atom stereocenters. The minimum atomic E-state index is -1.09. The van der Waals surface area contributed by atoms with Gasteiger partial charge in [-0.1, -0.05) is 36.4 Å². The second kappa shape index (κ2) is 10.3. The number of rotatable bonds is 9. The Balaban J connectivity index is 1.40. The van der Waals surface area contributed by atoms with Crippen LogP contribution in [0.25, 0.3) is 0 Å². The molecule has 0 bridgehead atoms. The highest BCUT2D eigenvalue weighted by Gasteiger charge is 2.35. The Morgan fingerprint density at radius 2 is 1.54 bits per heavy atom. The van der Waals surface area contributed by atoms with Gasteiger partial charge in [0.2, 0.25) is 5.91 Å². The van der Waals surface area contributed by atoms with E-state index in [0.29, 0.717) is 19.3 Å². The molecule has 1 atom stereocenters. The van der Waals surface area contributed by atoms with Crippen LogP contribution in [0.4, 0.5) is 8.78 Å². The van der Waals surface area contributed by atoms with Crippen LogP contribution in [-0.2, 0) is 35.3 Å². The number of carboxylic acid groups (broad SMARTS) is 1. The Bertz CT molecular complexity index is 1210. The number of carbonyl (C=O) groups excluding carboxylic acids is 1. The zero-order chi connectivity index (χ0) is 25.0. The number of fused-ring (bicyclic) bond motifs is 1. The number of carboxylic acids is 1. The molecule has 1 aliphatic heterocycles. The van der Waals surface area contributed by atoms with E-state index in [1.165, 1.54) is 29.2 Å². The van der Waals surface area contributed by atoms with Crippen molar-refractivity contribution in [1.29, 1.82) is 0 Å². The van der Waals surface area contributed by atoms with Crippen molar-refractivity contribution in [2.45, 2.75) is 38.2 Å². The van der Waals surface area contributed by atoms with Crippen molar-refractivity contribution >= 4 is 11.9 Å². The minimum Gasteiger partial charge on any atom is -0.487 e. The summed E-state index contributed by atoms with van der Waals surface area (Å²) in [7, 11) is 0. The molecule has 0 fully saturated rings. The van der Waals surface area contributed by atoms with E-state index in [9.17, 15) is 23.5 Å². The van der Waals surface area contributed by atoms with Gasteiger partial charge in [0.25, 0.3) is 0 Å². The number of aliphatic carboxylic acids is 1. The van der Waals surface area contributed by atoms with Crippen LogP contribution in [0.3, 0.4) is 0 Å². The molecule has 0 saturated carbocycles. The van der Waals surface area contributed by atoms with Gasteiger partial charge in [-0.15, -0.1) is 0 Å². The quantitative estimate of drug-likeness (QED) is 0.487. The molecule has 3 aromatic rings. The van der Waals surface area contributed by atoms with Crippen LogP contribution < -0.4 is 4.74 Å². The number of hydrogen-bond donors (Lipinski definition) is 1. The lowest BCUT2D eigenvalue weighted by Gasteiger charge is -2.24. The number of nitrogens with zero attached hydrogens (tertiary/aromatic N) is 1. The molecule has 0 saturated heterocycles. The van der Waals surface area contributed by atoms with Crippen LogP contribution in [0.2, 0.25) is 0 Å². The van der Waals surface area contributed by atoms with Crippen molar-refractivity contribution in [3.63, 3.8) is 0 Å². The van der Waals surface area contributed by atoms with Crippen molar-refractivity contribution in [1.82, 2.24) is 4.90 Å². The number of hydrogen-bond acceptors (Lipinski definition) is 3. The molecule has 4 rings (SSSR count). The van der Waals surface area contributed by atoms with Gasteiger partial charge >= 0.3 is 5.97 Å². The van der Waals surface area contributed by atoms with E-state index in [-0.39, 0.29) is 30.5 Å². The van der Waals surface area contributed by atoms with E-state index in [0.717, 1.165) is 28.0 Å². The second-order valence-corrected chi connectivity index (χ2v) is 9.24. The number of halogens is 2. The third-order valence-corrected chi connectivity index (χ3v) is 6.15. The number of amides is 1. The molecule has 5 nitrogen and oxygen atoms in total. The summed E-state index contributed by atoms with van der Waals surface area (Å²) in [4.78, 5) is 25.6. The van der Waals surface area contributed by atoms with Gasteiger partial charge in [-0.2, -0.15) is 0 Å². The highest BCUT2D eigenvalue weighted by molar-refractivity contribution is 5.83. The van der Waals surface area contributed by atoms with Gasteiger partial charge < -0.3 is 14.7 Å². The predicted octanol–water partition coefficient (Wildman–Crippen LogP) is 4.60. The minimum absolute atomic E-state index is 0.0681. The fraction of sp³-hybridized carbons (Fsp3) is 0.286. The number of benzene rings is 3. The summed E-state index contributed by atoms with van der Waals surface area (Å²) in [6, 6.07) is 17.9. The lowest BCUT2D eigenvalue weighted by molar-refractivity contribution is -0.144. The average molecular weight is 480 g/mol. The summed E-state index contributed by atoms with van der Waals surface area (Å²) in [5.74, 6) is -1.25. The highest BCUT2D eigenvalue weighted by Crippen LogP contribution is 2.37. The Hall–Kier alpha value is -3.74. The van der Waals surface area contributed by atoms with Crippen molar-refractivity contribution < 1.29 is 28.2 Å². The van der Waals surface area contributed by atoms with Crippen molar-refractivity contribution in [2.24, 2.45) is 0 Å². The molecule has 0 aliphatic carbocycles. The van der Waals surface area contributed by atoms with Gasteiger partial charge in [0.1, 0.15) is 29.5 Å².